The molecule has 1 aromatic rings. The maximum Gasteiger partial charge on any atom is 0.281 e. The topological polar surface area (TPSA) is 53.1 Å². The predicted molar refractivity (Wildman–Crippen MR) is 106 cm³/mol. The highest BCUT2D eigenvalue weighted by Gasteiger charge is 2.27. The number of ether oxygens (including phenoxy) is 1. The molecule has 0 amide bonds. The molecule has 26 heavy (non-hydrogen) atoms. The molecule has 2 rings (SSSR count). The summed E-state index contributed by atoms with van der Waals surface area (Å²) in [7, 11) is 1.69. The van der Waals surface area contributed by atoms with Gasteiger partial charge >= 0.3 is 0 Å². The van der Waals surface area contributed by atoms with Gasteiger partial charge in [0.25, 0.3) is 10.2 Å². The molecule has 0 aromatic heterocycles. The van der Waals surface area contributed by atoms with Gasteiger partial charge in [-0.25, -0.2) is 0 Å². The summed E-state index contributed by atoms with van der Waals surface area (Å²) in [5.74, 6) is 1.32. The van der Waals surface area contributed by atoms with E-state index in [1.54, 1.807) is 21.2 Å². The Bertz CT molecular complexity index is 666. The summed E-state index contributed by atoms with van der Waals surface area (Å²) >= 11 is 0. The van der Waals surface area contributed by atoms with Crippen LogP contribution in [0.3, 0.4) is 0 Å². The van der Waals surface area contributed by atoms with Crippen molar-refractivity contribution in [3.8, 4) is 5.75 Å². The summed E-state index contributed by atoms with van der Waals surface area (Å²) in [6.07, 6.45) is 3.15. The quantitative estimate of drug-likeness (QED) is 0.655. The summed E-state index contributed by atoms with van der Waals surface area (Å²) in [6.45, 7) is 5.93. The van der Waals surface area contributed by atoms with Gasteiger partial charge in [0.05, 0.1) is 7.11 Å². The van der Waals surface area contributed by atoms with Crippen molar-refractivity contribution in [1.29, 1.82) is 0 Å². The average Bonchev–Trinajstić information content (AvgIpc) is 2.66. The molecular weight excluding hydrogens is 350 g/mol. The van der Waals surface area contributed by atoms with Gasteiger partial charge in [0.15, 0.2) is 0 Å². The van der Waals surface area contributed by atoms with E-state index in [9.17, 15) is 8.42 Å². The van der Waals surface area contributed by atoms with Crippen LogP contribution in [0.25, 0.3) is 0 Å². The minimum absolute atomic E-state index is 0.381. The number of piperidine rings is 1. The van der Waals surface area contributed by atoms with Crippen molar-refractivity contribution in [1.82, 2.24) is 13.5 Å². The van der Waals surface area contributed by atoms with Gasteiger partial charge in [-0.2, -0.15) is 17.0 Å². The van der Waals surface area contributed by atoms with Crippen molar-refractivity contribution in [3.63, 3.8) is 0 Å². The number of benzene rings is 1. The molecule has 1 aliphatic heterocycles. The Labute approximate surface area is 158 Å². The molecule has 7 heteroatoms. The number of methoxy groups -OCH3 is 1. The zero-order valence-corrected chi connectivity index (χ0v) is 17.3. The lowest BCUT2D eigenvalue weighted by molar-refractivity contribution is 0.161. The third-order valence-corrected chi connectivity index (χ3v) is 7.22. The highest BCUT2D eigenvalue weighted by molar-refractivity contribution is 7.86. The number of hydrogen-bond acceptors (Lipinski definition) is 4. The molecule has 0 spiro atoms. The van der Waals surface area contributed by atoms with E-state index in [2.05, 4.69) is 11.0 Å². The molecular formula is C19H33N3O3S. The van der Waals surface area contributed by atoms with Crippen molar-refractivity contribution < 1.29 is 13.2 Å². The Hall–Kier alpha value is -1.15. The maximum atomic E-state index is 12.4. The molecule has 1 heterocycles. The van der Waals surface area contributed by atoms with Crippen LogP contribution >= 0.6 is 0 Å². The normalized spacial score (nSPS) is 19.2. The first-order chi connectivity index (χ1) is 12.4. The summed E-state index contributed by atoms with van der Waals surface area (Å²) in [6, 6.07) is 8.14. The molecule has 0 saturated carbocycles. The highest BCUT2D eigenvalue weighted by atomic mass is 32.2. The first-order valence-electron chi connectivity index (χ1n) is 9.40. The van der Waals surface area contributed by atoms with E-state index in [1.807, 2.05) is 25.1 Å². The molecule has 1 unspecified atom stereocenters. The monoisotopic (exact) mass is 383 g/mol. The van der Waals surface area contributed by atoms with Crippen LogP contribution in [0.4, 0.5) is 0 Å². The van der Waals surface area contributed by atoms with Crippen molar-refractivity contribution >= 4 is 10.2 Å². The molecule has 1 fully saturated rings. The van der Waals surface area contributed by atoms with E-state index in [0.717, 1.165) is 44.6 Å². The largest absolute Gasteiger partial charge is 0.496 e. The fourth-order valence-corrected chi connectivity index (χ4v) is 4.75. The van der Waals surface area contributed by atoms with Crippen LogP contribution in [0, 0.1) is 5.92 Å². The number of nitrogens with zero attached hydrogens (tertiary/aromatic N) is 3. The first-order valence-corrected chi connectivity index (χ1v) is 10.8. The number of hydrogen-bond donors (Lipinski definition) is 0. The van der Waals surface area contributed by atoms with Gasteiger partial charge in [0.2, 0.25) is 0 Å². The van der Waals surface area contributed by atoms with E-state index in [1.165, 1.54) is 14.2 Å². The van der Waals surface area contributed by atoms with Gasteiger partial charge in [0, 0.05) is 40.3 Å². The number of rotatable bonds is 9. The third kappa shape index (κ3) is 5.42. The second-order valence-electron chi connectivity index (χ2n) is 7.07. The lowest BCUT2D eigenvalue weighted by Gasteiger charge is -2.35. The maximum absolute atomic E-state index is 12.4. The van der Waals surface area contributed by atoms with Crippen molar-refractivity contribution in [2.45, 2.75) is 26.2 Å². The van der Waals surface area contributed by atoms with E-state index in [0.29, 0.717) is 19.0 Å². The zero-order valence-electron chi connectivity index (χ0n) is 16.5. The van der Waals surface area contributed by atoms with E-state index < -0.39 is 10.2 Å². The standard InChI is InChI=1S/C19H33N3O3S/c1-5-20(2)26(23,24)21(3)15-17-9-8-13-22(16-17)14-12-18-10-6-7-11-19(18)25-4/h6-7,10-11,17H,5,8-9,12-16H2,1-4H3. The molecule has 148 valence electrons. The highest BCUT2D eigenvalue weighted by Crippen LogP contribution is 2.22. The molecule has 0 N–H and O–H groups in total. The number of para-hydroxylation sites is 1. The van der Waals surface area contributed by atoms with Crippen LogP contribution in [-0.4, -0.2) is 75.9 Å². The second kappa shape index (κ2) is 9.69. The van der Waals surface area contributed by atoms with Crippen LogP contribution in [0.2, 0.25) is 0 Å². The van der Waals surface area contributed by atoms with E-state index in [4.69, 9.17) is 4.74 Å². The Balaban J connectivity index is 1.89. The Kier molecular flexibility index (Phi) is 7.88. The fourth-order valence-electron chi connectivity index (χ4n) is 3.55. The van der Waals surface area contributed by atoms with Gasteiger partial charge in [-0.15, -0.1) is 0 Å². The minimum Gasteiger partial charge on any atom is -0.496 e. The molecule has 1 saturated heterocycles. The molecule has 0 bridgehead atoms. The van der Waals surface area contributed by atoms with E-state index >= 15 is 0 Å². The summed E-state index contributed by atoms with van der Waals surface area (Å²) in [4.78, 5) is 2.45. The van der Waals surface area contributed by atoms with Crippen LogP contribution in [0.5, 0.6) is 5.75 Å². The van der Waals surface area contributed by atoms with Gasteiger partial charge in [-0.05, 0) is 43.4 Å². The lowest BCUT2D eigenvalue weighted by Crippen LogP contribution is -2.45. The van der Waals surface area contributed by atoms with Gasteiger partial charge in [0.1, 0.15) is 5.75 Å². The van der Waals surface area contributed by atoms with Crippen LogP contribution in [-0.2, 0) is 16.6 Å². The molecule has 0 radical (unpaired) electrons. The zero-order chi connectivity index (χ0) is 19.2. The van der Waals surface area contributed by atoms with Crippen molar-refractivity contribution in [2.75, 3.05) is 53.9 Å². The lowest BCUT2D eigenvalue weighted by atomic mass is 9.97. The summed E-state index contributed by atoms with van der Waals surface area (Å²) < 4.78 is 33.2. The fraction of sp³-hybridized carbons (Fsp3) is 0.684. The first kappa shape index (κ1) is 21.2. The van der Waals surface area contributed by atoms with Gasteiger partial charge < -0.3 is 9.64 Å². The Morgan fingerprint density at radius 3 is 2.65 bits per heavy atom. The van der Waals surface area contributed by atoms with Crippen molar-refractivity contribution in [3.05, 3.63) is 29.8 Å². The Morgan fingerprint density at radius 1 is 1.23 bits per heavy atom. The SMILES string of the molecule is CCN(C)S(=O)(=O)N(C)CC1CCCN(CCc2ccccc2OC)C1. The molecule has 6 nitrogen and oxygen atoms in total. The molecule has 1 aromatic carbocycles. The summed E-state index contributed by atoms with van der Waals surface area (Å²) in [5.41, 5.74) is 1.22. The second-order valence-corrected chi connectivity index (χ2v) is 9.22. The number of likely N-dealkylation sites (tertiary alicyclic amines) is 1. The summed E-state index contributed by atoms with van der Waals surface area (Å²) in [5, 5.41) is 0. The molecule has 0 aliphatic carbocycles. The van der Waals surface area contributed by atoms with Crippen LogP contribution in [0.1, 0.15) is 25.3 Å². The van der Waals surface area contributed by atoms with E-state index in [-0.39, 0.29) is 0 Å². The molecule has 1 atom stereocenters. The van der Waals surface area contributed by atoms with Crippen LogP contribution < -0.4 is 4.74 Å². The van der Waals surface area contributed by atoms with Crippen LogP contribution in [0.15, 0.2) is 24.3 Å². The van der Waals surface area contributed by atoms with Gasteiger partial charge in [-0.3, -0.25) is 0 Å². The van der Waals surface area contributed by atoms with Crippen molar-refractivity contribution in [2.24, 2.45) is 5.92 Å². The predicted octanol–water partition coefficient (Wildman–Crippen LogP) is 2.08. The molecule has 1 aliphatic rings. The average molecular weight is 384 g/mol. The Morgan fingerprint density at radius 2 is 1.96 bits per heavy atom. The smallest absolute Gasteiger partial charge is 0.281 e. The third-order valence-electron chi connectivity index (χ3n) is 5.24. The minimum atomic E-state index is -3.34. The van der Waals surface area contributed by atoms with Gasteiger partial charge in [-0.1, -0.05) is 25.1 Å².